The highest BCUT2D eigenvalue weighted by molar-refractivity contribution is 14.0. The summed E-state index contributed by atoms with van der Waals surface area (Å²) in [6, 6.07) is 5.08. The molecule has 0 aromatic carbocycles. The molecular weight excluding hydrogens is 453 g/mol. The Morgan fingerprint density at radius 1 is 1.30 bits per heavy atom. The standard InChI is InChI=1S/C20H35N5O.HI/c1-5-13-26-19-8-7-17(14-22-19)15-23-20(21-6-2)24-18-9-11-25(12-10-18)16(3)4;/h7-8,14,16,18H,5-6,9-13,15H2,1-4H3,(H2,21,23,24);1H. The normalized spacial score (nSPS) is 16.1. The average Bonchev–Trinajstić information content (AvgIpc) is 2.66. The fourth-order valence-electron chi connectivity index (χ4n) is 3.04. The van der Waals surface area contributed by atoms with E-state index in [0.717, 1.165) is 50.4 Å². The molecule has 1 saturated heterocycles. The van der Waals surface area contributed by atoms with Crippen LogP contribution >= 0.6 is 24.0 Å². The lowest BCUT2D eigenvalue weighted by molar-refractivity contribution is 0.167. The molecule has 1 aromatic rings. The molecule has 1 aliphatic rings. The molecule has 0 radical (unpaired) electrons. The Hall–Kier alpha value is -1.09. The molecule has 154 valence electrons. The van der Waals surface area contributed by atoms with Crippen LogP contribution < -0.4 is 15.4 Å². The van der Waals surface area contributed by atoms with Crippen molar-refractivity contribution in [1.29, 1.82) is 0 Å². The largest absolute Gasteiger partial charge is 0.478 e. The molecule has 2 rings (SSSR count). The van der Waals surface area contributed by atoms with Crippen molar-refractivity contribution in [3.63, 3.8) is 0 Å². The molecule has 1 aromatic heterocycles. The Bertz CT molecular complexity index is 542. The Morgan fingerprint density at radius 3 is 2.59 bits per heavy atom. The number of hydrogen-bond donors (Lipinski definition) is 2. The van der Waals surface area contributed by atoms with Gasteiger partial charge in [0.1, 0.15) is 0 Å². The van der Waals surface area contributed by atoms with E-state index in [4.69, 9.17) is 9.73 Å². The Kier molecular flexibility index (Phi) is 11.7. The summed E-state index contributed by atoms with van der Waals surface area (Å²) >= 11 is 0. The molecule has 7 heteroatoms. The van der Waals surface area contributed by atoms with Gasteiger partial charge >= 0.3 is 0 Å². The first-order valence-electron chi connectivity index (χ1n) is 9.99. The number of aliphatic imine (C=N–C) groups is 1. The van der Waals surface area contributed by atoms with E-state index >= 15 is 0 Å². The third-order valence-electron chi connectivity index (χ3n) is 4.62. The maximum Gasteiger partial charge on any atom is 0.213 e. The van der Waals surface area contributed by atoms with E-state index in [0.29, 0.717) is 31.1 Å². The predicted octanol–water partition coefficient (Wildman–Crippen LogP) is 3.42. The number of nitrogens with one attached hydrogen (secondary N) is 2. The number of hydrogen-bond acceptors (Lipinski definition) is 4. The third-order valence-corrected chi connectivity index (χ3v) is 4.62. The first-order valence-corrected chi connectivity index (χ1v) is 9.99. The Balaban J connectivity index is 0.00000364. The van der Waals surface area contributed by atoms with Crippen molar-refractivity contribution < 1.29 is 4.74 Å². The molecule has 0 bridgehead atoms. The van der Waals surface area contributed by atoms with Crippen LogP contribution in [0.25, 0.3) is 0 Å². The highest BCUT2D eigenvalue weighted by atomic mass is 127. The molecule has 27 heavy (non-hydrogen) atoms. The van der Waals surface area contributed by atoms with Crippen LogP contribution in [-0.2, 0) is 6.54 Å². The van der Waals surface area contributed by atoms with Crippen LogP contribution in [0.1, 0.15) is 52.5 Å². The van der Waals surface area contributed by atoms with Gasteiger partial charge < -0.3 is 20.3 Å². The van der Waals surface area contributed by atoms with Gasteiger partial charge in [-0.1, -0.05) is 13.0 Å². The molecule has 2 N–H and O–H groups in total. The lowest BCUT2D eigenvalue weighted by atomic mass is 10.0. The lowest BCUT2D eigenvalue weighted by Crippen LogP contribution is -2.49. The SMILES string of the molecule is CCCOc1ccc(CN=C(NCC)NC2CCN(C(C)C)CC2)cn1.I. The molecule has 0 unspecified atom stereocenters. The van der Waals surface area contributed by atoms with Gasteiger partial charge in [0.15, 0.2) is 5.96 Å². The minimum atomic E-state index is 0. The summed E-state index contributed by atoms with van der Waals surface area (Å²) in [4.78, 5) is 11.6. The molecule has 0 aliphatic carbocycles. The van der Waals surface area contributed by atoms with E-state index in [1.54, 1.807) is 0 Å². The van der Waals surface area contributed by atoms with Gasteiger partial charge in [-0.25, -0.2) is 9.98 Å². The molecular formula is C20H36IN5O. The van der Waals surface area contributed by atoms with Gasteiger partial charge in [0.25, 0.3) is 0 Å². The van der Waals surface area contributed by atoms with Gasteiger partial charge in [0.2, 0.25) is 5.88 Å². The first kappa shape index (κ1) is 23.9. The number of nitrogens with zero attached hydrogens (tertiary/aromatic N) is 3. The van der Waals surface area contributed by atoms with Gasteiger partial charge in [0.05, 0.1) is 13.2 Å². The average molecular weight is 489 g/mol. The van der Waals surface area contributed by atoms with Gasteiger partial charge in [-0.15, -0.1) is 24.0 Å². The number of likely N-dealkylation sites (tertiary alicyclic amines) is 1. The Labute approximate surface area is 181 Å². The van der Waals surface area contributed by atoms with Crippen molar-refractivity contribution in [3.05, 3.63) is 23.9 Å². The summed E-state index contributed by atoms with van der Waals surface area (Å²) in [5.41, 5.74) is 1.08. The highest BCUT2D eigenvalue weighted by Gasteiger charge is 2.21. The van der Waals surface area contributed by atoms with E-state index in [9.17, 15) is 0 Å². The quantitative estimate of drug-likeness (QED) is 0.333. The molecule has 1 fully saturated rings. The van der Waals surface area contributed by atoms with Crippen LogP contribution in [0.3, 0.4) is 0 Å². The van der Waals surface area contributed by atoms with Crippen molar-refractivity contribution in [3.8, 4) is 5.88 Å². The van der Waals surface area contributed by atoms with Crippen molar-refractivity contribution in [1.82, 2.24) is 20.5 Å². The number of ether oxygens (including phenoxy) is 1. The van der Waals surface area contributed by atoms with Crippen LogP contribution in [0.15, 0.2) is 23.3 Å². The summed E-state index contributed by atoms with van der Waals surface area (Å²) in [5.74, 6) is 1.57. The van der Waals surface area contributed by atoms with Crippen molar-refractivity contribution in [2.75, 3.05) is 26.2 Å². The van der Waals surface area contributed by atoms with Crippen LogP contribution in [0.5, 0.6) is 5.88 Å². The van der Waals surface area contributed by atoms with Crippen LogP contribution in [0.4, 0.5) is 0 Å². The van der Waals surface area contributed by atoms with Crippen LogP contribution in [-0.4, -0.2) is 54.2 Å². The second kappa shape index (κ2) is 13.1. The molecule has 0 amide bonds. The van der Waals surface area contributed by atoms with Gasteiger partial charge in [-0.2, -0.15) is 0 Å². The monoisotopic (exact) mass is 489 g/mol. The lowest BCUT2D eigenvalue weighted by Gasteiger charge is -2.35. The van der Waals surface area contributed by atoms with Crippen molar-refractivity contribution in [2.45, 2.75) is 65.6 Å². The summed E-state index contributed by atoms with van der Waals surface area (Å²) in [6.45, 7) is 13.2. The maximum absolute atomic E-state index is 5.52. The van der Waals surface area contributed by atoms with Crippen LogP contribution in [0.2, 0.25) is 0 Å². The summed E-state index contributed by atoms with van der Waals surface area (Å²) in [5, 5.41) is 6.95. The maximum atomic E-state index is 5.52. The van der Waals surface area contributed by atoms with E-state index < -0.39 is 0 Å². The molecule has 2 heterocycles. The van der Waals surface area contributed by atoms with Gasteiger partial charge in [0, 0.05) is 44.0 Å². The summed E-state index contributed by atoms with van der Waals surface area (Å²) < 4.78 is 5.52. The fraction of sp³-hybridized carbons (Fsp3) is 0.700. The first-order chi connectivity index (χ1) is 12.6. The Morgan fingerprint density at radius 2 is 2.04 bits per heavy atom. The number of pyridine rings is 1. The molecule has 0 atom stereocenters. The third kappa shape index (κ3) is 8.64. The highest BCUT2D eigenvalue weighted by Crippen LogP contribution is 2.13. The van der Waals surface area contributed by atoms with E-state index in [1.807, 2.05) is 18.3 Å². The molecule has 0 saturated carbocycles. The second-order valence-corrected chi connectivity index (χ2v) is 7.10. The number of rotatable bonds is 8. The van der Waals surface area contributed by atoms with Crippen LogP contribution in [0, 0.1) is 0 Å². The van der Waals surface area contributed by atoms with Crippen molar-refractivity contribution in [2.24, 2.45) is 4.99 Å². The number of guanidine groups is 1. The second-order valence-electron chi connectivity index (χ2n) is 7.10. The fourth-order valence-corrected chi connectivity index (χ4v) is 3.04. The zero-order valence-electron chi connectivity index (χ0n) is 17.2. The molecule has 1 aliphatic heterocycles. The summed E-state index contributed by atoms with van der Waals surface area (Å²) in [7, 11) is 0. The number of aromatic nitrogens is 1. The van der Waals surface area contributed by atoms with Gasteiger partial charge in [-0.05, 0) is 45.6 Å². The van der Waals surface area contributed by atoms with E-state index in [2.05, 4.69) is 48.2 Å². The van der Waals surface area contributed by atoms with Gasteiger partial charge in [-0.3, -0.25) is 0 Å². The number of halogens is 1. The minimum absolute atomic E-state index is 0. The predicted molar refractivity (Wildman–Crippen MR) is 123 cm³/mol. The van der Waals surface area contributed by atoms with E-state index in [1.165, 1.54) is 0 Å². The topological polar surface area (TPSA) is 61.8 Å². The number of piperidine rings is 1. The molecule has 6 nitrogen and oxygen atoms in total. The minimum Gasteiger partial charge on any atom is -0.478 e. The van der Waals surface area contributed by atoms with E-state index in [-0.39, 0.29) is 24.0 Å². The smallest absolute Gasteiger partial charge is 0.213 e. The summed E-state index contributed by atoms with van der Waals surface area (Å²) in [6.07, 6.45) is 5.15. The zero-order valence-corrected chi connectivity index (χ0v) is 19.5. The van der Waals surface area contributed by atoms with Crippen molar-refractivity contribution >= 4 is 29.9 Å². The zero-order chi connectivity index (χ0) is 18.8. The molecule has 0 spiro atoms.